The highest BCUT2D eigenvalue weighted by Gasteiger charge is 2.11. The van der Waals surface area contributed by atoms with Crippen LogP contribution in [0.25, 0.3) is 5.95 Å². The lowest BCUT2D eigenvalue weighted by molar-refractivity contribution is 0.294. The maximum atomic E-state index is 5.96. The minimum atomic E-state index is 0.146. The standard InChI is InChI=1S/C13H20ClN7/c1-4-20(5-2)9-10(3)16-12-17-11(14)18-13(19-12)21-8-6-7-15-21/h6-8,10H,4-5,9H2,1-3H3,(H,16,17,18,19). The molecule has 21 heavy (non-hydrogen) atoms. The molecule has 0 saturated heterocycles. The van der Waals surface area contributed by atoms with Gasteiger partial charge in [-0.05, 0) is 37.7 Å². The fraction of sp³-hybridized carbons (Fsp3) is 0.538. The Labute approximate surface area is 129 Å². The molecule has 0 saturated carbocycles. The summed E-state index contributed by atoms with van der Waals surface area (Å²) in [6.07, 6.45) is 3.42. The maximum Gasteiger partial charge on any atom is 0.256 e. The van der Waals surface area contributed by atoms with Gasteiger partial charge in [-0.15, -0.1) is 0 Å². The van der Waals surface area contributed by atoms with Crippen molar-refractivity contribution in [2.75, 3.05) is 25.0 Å². The molecule has 0 aliphatic heterocycles. The zero-order valence-corrected chi connectivity index (χ0v) is 13.2. The Morgan fingerprint density at radius 1 is 1.29 bits per heavy atom. The molecule has 7 nitrogen and oxygen atoms in total. The summed E-state index contributed by atoms with van der Waals surface area (Å²) < 4.78 is 1.55. The molecule has 0 amide bonds. The molecule has 2 heterocycles. The zero-order chi connectivity index (χ0) is 15.2. The van der Waals surface area contributed by atoms with Gasteiger partial charge in [0.05, 0.1) is 0 Å². The van der Waals surface area contributed by atoms with Crippen molar-refractivity contribution in [3.05, 3.63) is 23.7 Å². The lowest BCUT2D eigenvalue weighted by Crippen LogP contribution is -2.35. The molecule has 8 heteroatoms. The first-order valence-corrected chi connectivity index (χ1v) is 7.40. The Balaban J connectivity index is 2.10. The molecule has 0 aliphatic rings. The lowest BCUT2D eigenvalue weighted by atomic mass is 10.3. The Hall–Kier alpha value is -1.73. The summed E-state index contributed by atoms with van der Waals surface area (Å²) in [6.45, 7) is 9.31. The van der Waals surface area contributed by atoms with Crippen LogP contribution in [0.5, 0.6) is 0 Å². The van der Waals surface area contributed by atoms with Crippen molar-refractivity contribution >= 4 is 17.5 Å². The number of hydrogen-bond donors (Lipinski definition) is 1. The van der Waals surface area contributed by atoms with Crippen molar-refractivity contribution in [1.82, 2.24) is 29.6 Å². The average molecular weight is 310 g/mol. The highest BCUT2D eigenvalue weighted by atomic mass is 35.5. The van der Waals surface area contributed by atoms with E-state index in [-0.39, 0.29) is 11.3 Å². The van der Waals surface area contributed by atoms with Crippen molar-refractivity contribution in [2.24, 2.45) is 0 Å². The number of anilines is 1. The Bertz CT molecular complexity index is 554. The van der Waals surface area contributed by atoms with Crippen molar-refractivity contribution < 1.29 is 0 Å². The van der Waals surface area contributed by atoms with E-state index >= 15 is 0 Å². The van der Waals surface area contributed by atoms with Crippen LogP contribution in [0.1, 0.15) is 20.8 Å². The monoisotopic (exact) mass is 309 g/mol. The van der Waals surface area contributed by atoms with Crippen molar-refractivity contribution in [2.45, 2.75) is 26.8 Å². The number of hydrogen-bond acceptors (Lipinski definition) is 6. The van der Waals surface area contributed by atoms with Gasteiger partial charge in [0.1, 0.15) is 0 Å². The largest absolute Gasteiger partial charge is 0.350 e. The first-order chi connectivity index (χ1) is 10.1. The van der Waals surface area contributed by atoms with E-state index in [0.717, 1.165) is 19.6 Å². The molecule has 1 unspecified atom stereocenters. The van der Waals surface area contributed by atoms with E-state index in [4.69, 9.17) is 11.6 Å². The van der Waals surface area contributed by atoms with Gasteiger partial charge in [-0.1, -0.05) is 13.8 Å². The third-order valence-corrected chi connectivity index (χ3v) is 3.28. The van der Waals surface area contributed by atoms with Gasteiger partial charge in [-0.2, -0.15) is 20.1 Å². The van der Waals surface area contributed by atoms with E-state index < -0.39 is 0 Å². The van der Waals surface area contributed by atoms with Crippen LogP contribution in [-0.4, -0.2) is 55.3 Å². The van der Waals surface area contributed by atoms with Crippen LogP contribution in [0.2, 0.25) is 5.28 Å². The molecule has 114 valence electrons. The number of nitrogens with zero attached hydrogens (tertiary/aromatic N) is 6. The Morgan fingerprint density at radius 2 is 2.05 bits per heavy atom. The summed E-state index contributed by atoms with van der Waals surface area (Å²) >= 11 is 5.96. The molecule has 2 aromatic rings. The van der Waals surface area contributed by atoms with Crippen LogP contribution in [0, 0.1) is 0 Å². The molecule has 0 radical (unpaired) electrons. The molecular formula is C13H20ClN7. The molecular weight excluding hydrogens is 290 g/mol. The second kappa shape index (κ2) is 7.33. The molecule has 1 N–H and O–H groups in total. The summed E-state index contributed by atoms with van der Waals surface area (Å²) in [5.41, 5.74) is 0. The Kier molecular flexibility index (Phi) is 5.46. The van der Waals surface area contributed by atoms with Gasteiger partial charge in [-0.3, -0.25) is 0 Å². The summed E-state index contributed by atoms with van der Waals surface area (Å²) in [5.74, 6) is 0.859. The van der Waals surface area contributed by atoms with Crippen LogP contribution < -0.4 is 5.32 Å². The number of aromatic nitrogens is 5. The predicted octanol–water partition coefficient (Wildman–Crippen LogP) is 1.85. The minimum absolute atomic E-state index is 0.146. The first-order valence-electron chi connectivity index (χ1n) is 7.02. The smallest absolute Gasteiger partial charge is 0.256 e. The lowest BCUT2D eigenvalue weighted by Gasteiger charge is -2.23. The van der Waals surface area contributed by atoms with E-state index in [2.05, 4.69) is 51.0 Å². The van der Waals surface area contributed by atoms with Gasteiger partial charge >= 0.3 is 0 Å². The zero-order valence-electron chi connectivity index (χ0n) is 12.5. The maximum absolute atomic E-state index is 5.96. The van der Waals surface area contributed by atoms with Gasteiger partial charge < -0.3 is 10.2 Å². The first kappa shape index (κ1) is 15.7. The fourth-order valence-corrected chi connectivity index (χ4v) is 2.18. The van der Waals surface area contributed by atoms with Crippen LogP contribution in [-0.2, 0) is 0 Å². The van der Waals surface area contributed by atoms with Gasteiger partial charge in [0.25, 0.3) is 5.95 Å². The highest BCUT2D eigenvalue weighted by Crippen LogP contribution is 2.10. The van der Waals surface area contributed by atoms with Crippen molar-refractivity contribution in [3.63, 3.8) is 0 Å². The topological polar surface area (TPSA) is 71.8 Å². The Morgan fingerprint density at radius 3 is 2.67 bits per heavy atom. The predicted molar refractivity (Wildman–Crippen MR) is 82.8 cm³/mol. The van der Waals surface area contributed by atoms with E-state index in [1.807, 2.05) is 0 Å². The van der Waals surface area contributed by atoms with Gasteiger partial charge in [0.2, 0.25) is 11.2 Å². The van der Waals surface area contributed by atoms with E-state index in [1.54, 1.807) is 23.1 Å². The fourth-order valence-electron chi connectivity index (χ4n) is 2.03. The SMILES string of the molecule is CCN(CC)CC(C)Nc1nc(Cl)nc(-n2cccn2)n1. The molecule has 0 aromatic carbocycles. The molecule has 0 spiro atoms. The van der Waals surface area contributed by atoms with Crippen LogP contribution in [0.3, 0.4) is 0 Å². The number of halogens is 1. The average Bonchev–Trinajstić information content (AvgIpc) is 2.98. The van der Waals surface area contributed by atoms with Crippen LogP contribution in [0.15, 0.2) is 18.5 Å². The third-order valence-electron chi connectivity index (χ3n) is 3.11. The molecule has 0 fully saturated rings. The second-order valence-electron chi connectivity index (χ2n) is 4.71. The van der Waals surface area contributed by atoms with E-state index in [0.29, 0.717) is 11.9 Å². The van der Waals surface area contributed by atoms with Gasteiger partial charge in [-0.25, -0.2) is 4.68 Å². The van der Waals surface area contributed by atoms with E-state index in [1.165, 1.54) is 0 Å². The summed E-state index contributed by atoms with van der Waals surface area (Å²) in [5, 5.41) is 7.49. The van der Waals surface area contributed by atoms with Crippen molar-refractivity contribution in [3.8, 4) is 5.95 Å². The summed E-state index contributed by atoms with van der Waals surface area (Å²) in [7, 11) is 0. The van der Waals surface area contributed by atoms with Crippen LogP contribution >= 0.6 is 11.6 Å². The van der Waals surface area contributed by atoms with Crippen molar-refractivity contribution in [1.29, 1.82) is 0 Å². The minimum Gasteiger partial charge on any atom is -0.350 e. The molecule has 0 bridgehead atoms. The number of nitrogens with one attached hydrogen (secondary N) is 1. The number of rotatable bonds is 7. The number of likely N-dealkylation sites (N-methyl/N-ethyl adjacent to an activating group) is 1. The third kappa shape index (κ3) is 4.37. The summed E-state index contributed by atoms with van der Waals surface area (Å²) in [6, 6.07) is 2.00. The van der Waals surface area contributed by atoms with Gasteiger partial charge in [0.15, 0.2) is 0 Å². The highest BCUT2D eigenvalue weighted by molar-refractivity contribution is 6.28. The second-order valence-corrected chi connectivity index (χ2v) is 5.05. The summed E-state index contributed by atoms with van der Waals surface area (Å²) in [4.78, 5) is 14.9. The van der Waals surface area contributed by atoms with E-state index in [9.17, 15) is 0 Å². The molecule has 2 aromatic heterocycles. The molecule has 1 atom stereocenters. The molecule has 0 aliphatic carbocycles. The van der Waals surface area contributed by atoms with Crippen LogP contribution in [0.4, 0.5) is 5.95 Å². The molecule has 2 rings (SSSR count). The normalized spacial score (nSPS) is 12.6. The quantitative estimate of drug-likeness (QED) is 0.841. The van der Waals surface area contributed by atoms with Gasteiger partial charge in [0, 0.05) is 25.0 Å².